The van der Waals surface area contributed by atoms with Crippen molar-refractivity contribution in [3.05, 3.63) is 59.7 Å². The van der Waals surface area contributed by atoms with Crippen LogP contribution in [0.2, 0.25) is 0 Å². The third-order valence-electron chi connectivity index (χ3n) is 4.10. The van der Waals surface area contributed by atoms with E-state index in [1.54, 1.807) is 18.2 Å². The molecule has 10 heteroatoms. The molecule has 0 saturated heterocycles. The van der Waals surface area contributed by atoms with Crippen LogP contribution in [0, 0.1) is 0 Å². The minimum atomic E-state index is -4.56. The number of aliphatic hydroxyl groups is 1. The predicted molar refractivity (Wildman–Crippen MR) is 101 cm³/mol. The maximum atomic E-state index is 12.8. The third-order valence-corrected chi connectivity index (χ3v) is 4.10. The van der Waals surface area contributed by atoms with Gasteiger partial charge in [0.05, 0.1) is 12.2 Å². The molecule has 7 nitrogen and oxygen atoms in total. The highest BCUT2D eigenvalue weighted by Crippen LogP contribution is 2.33. The van der Waals surface area contributed by atoms with Crippen molar-refractivity contribution in [3.63, 3.8) is 0 Å². The maximum Gasteiger partial charge on any atom is 0.416 e. The Morgan fingerprint density at radius 1 is 1.13 bits per heavy atom. The molecule has 30 heavy (non-hydrogen) atoms. The van der Waals surface area contributed by atoms with Gasteiger partial charge in [-0.05, 0) is 42.0 Å². The van der Waals surface area contributed by atoms with Gasteiger partial charge in [-0.3, -0.25) is 9.59 Å². The number of aliphatic hydroxyl groups excluding tert-OH is 1. The molecular formula is C20H17F3N2O5. The van der Waals surface area contributed by atoms with Crippen LogP contribution >= 0.6 is 0 Å². The van der Waals surface area contributed by atoms with E-state index in [2.05, 4.69) is 10.6 Å². The van der Waals surface area contributed by atoms with Crippen LogP contribution in [0.4, 0.5) is 18.9 Å². The molecule has 1 aliphatic rings. The average Bonchev–Trinajstić information content (AvgIpc) is 3.17. The van der Waals surface area contributed by atoms with E-state index in [9.17, 15) is 27.9 Å². The molecule has 1 aliphatic heterocycles. The van der Waals surface area contributed by atoms with Crippen LogP contribution in [0.15, 0.2) is 48.5 Å². The Bertz CT molecular complexity index is 975. The molecule has 0 fully saturated rings. The molecule has 2 aromatic rings. The molecule has 2 amide bonds. The number of rotatable bonds is 6. The number of fused-ring (bicyclic) bond motifs is 1. The predicted octanol–water partition coefficient (Wildman–Crippen LogP) is 2.56. The summed E-state index contributed by atoms with van der Waals surface area (Å²) in [6.07, 6.45) is -1.95. The molecule has 3 N–H and O–H groups in total. The lowest BCUT2D eigenvalue weighted by Gasteiger charge is -2.16. The maximum absolute atomic E-state index is 12.8. The molecule has 1 atom stereocenters. The first-order valence-electron chi connectivity index (χ1n) is 8.73. The molecule has 0 saturated carbocycles. The van der Waals surface area contributed by atoms with E-state index in [4.69, 9.17) is 9.47 Å². The minimum Gasteiger partial charge on any atom is -0.454 e. The van der Waals surface area contributed by atoms with E-state index in [0.717, 1.165) is 24.3 Å². The van der Waals surface area contributed by atoms with Crippen molar-refractivity contribution in [3.8, 4) is 11.5 Å². The van der Waals surface area contributed by atoms with Gasteiger partial charge in [-0.2, -0.15) is 13.2 Å². The number of benzene rings is 2. The highest BCUT2D eigenvalue weighted by Gasteiger charge is 2.30. The second-order valence-electron chi connectivity index (χ2n) is 6.26. The van der Waals surface area contributed by atoms with Crippen molar-refractivity contribution in [1.82, 2.24) is 5.32 Å². The van der Waals surface area contributed by atoms with Gasteiger partial charge in [-0.1, -0.05) is 12.1 Å². The zero-order chi connectivity index (χ0) is 21.7. The number of carbonyl (C=O) groups excluding carboxylic acids is 2. The molecule has 0 bridgehead atoms. The smallest absolute Gasteiger partial charge is 0.416 e. The zero-order valence-electron chi connectivity index (χ0n) is 15.4. The Kier molecular flexibility index (Phi) is 6.26. The van der Waals surface area contributed by atoms with Gasteiger partial charge < -0.3 is 25.2 Å². The van der Waals surface area contributed by atoms with Gasteiger partial charge in [0, 0.05) is 11.8 Å². The van der Waals surface area contributed by atoms with Crippen molar-refractivity contribution in [1.29, 1.82) is 0 Å². The van der Waals surface area contributed by atoms with E-state index in [1.165, 1.54) is 12.1 Å². The van der Waals surface area contributed by atoms with Gasteiger partial charge in [-0.25, -0.2) is 0 Å². The summed E-state index contributed by atoms with van der Waals surface area (Å²) < 4.78 is 48.7. The molecule has 0 unspecified atom stereocenters. The van der Waals surface area contributed by atoms with E-state index in [0.29, 0.717) is 17.1 Å². The van der Waals surface area contributed by atoms with Crippen LogP contribution < -0.4 is 20.1 Å². The second kappa shape index (κ2) is 8.87. The first-order valence-corrected chi connectivity index (χ1v) is 8.73. The Hall–Kier alpha value is -3.53. The number of halogens is 3. The van der Waals surface area contributed by atoms with E-state index >= 15 is 0 Å². The molecule has 0 radical (unpaired) electrons. The van der Waals surface area contributed by atoms with E-state index in [-0.39, 0.29) is 12.5 Å². The fraction of sp³-hybridized carbons (Fsp3) is 0.200. The number of hydrogen-bond donors (Lipinski definition) is 3. The molecule has 0 aliphatic carbocycles. The number of alkyl halides is 3. The van der Waals surface area contributed by atoms with Crippen molar-refractivity contribution in [2.45, 2.75) is 12.2 Å². The topological polar surface area (TPSA) is 96.9 Å². The summed E-state index contributed by atoms with van der Waals surface area (Å²) in [7, 11) is 0. The number of amides is 2. The summed E-state index contributed by atoms with van der Waals surface area (Å²) in [4.78, 5) is 24.3. The molecule has 1 heterocycles. The van der Waals surface area contributed by atoms with Gasteiger partial charge >= 0.3 is 6.18 Å². The number of carbonyl (C=O) groups is 2. The molecule has 0 aromatic heterocycles. The van der Waals surface area contributed by atoms with Gasteiger partial charge in [0.25, 0.3) is 0 Å². The number of hydrogen-bond acceptors (Lipinski definition) is 5. The van der Waals surface area contributed by atoms with Crippen LogP contribution in [0.3, 0.4) is 0 Å². The molecule has 3 rings (SSSR count). The Labute approximate surface area is 169 Å². The lowest BCUT2D eigenvalue weighted by molar-refractivity contribution is -0.137. The Morgan fingerprint density at radius 2 is 1.90 bits per heavy atom. The summed E-state index contributed by atoms with van der Waals surface area (Å²) in [5.74, 6) is -0.415. The first-order chi connectivity index (χ1) is 14.3. The minimum absolute atomic E-state index is 0.113. The van der Waals surface area contributed by atoms with Crippen LogP contribution in [0.5, 0.6) is 11.5 Å². The second-order valence-corrected chi connectivity index (χ2v) is 6.26. The van der Waals surface area contributed by atoms with Crippen LogP contribution in [0.1, 0.15) is 11.1 Å². The quantitative estimate of drug-likeness (QED) is 0.622. The van der Waals surface area contributed by atoms with Crippen molar-refractivity contribution in [2.75, 3.05) is 18.7 Å². The van der Waals surface area contributed by atoms with Crippen molar-refractivity contribution >= 4 is 23.6 Å². The highest BCUT2D eigenvalue weighted by molar-refractivity contribution is 6.00. The van der Waals surface area contributed by atoms with Crippen LogP contribution in [-0.2, 0) is 15.8 Å². The van der Waals surface area contributed by atoms with Gasteiger partial charge in [-0.15, -0.1) is 0 Å². The molecule has 158 valence electrons. The van der Waals surface area contributed by atoms with Gasteiger partial charge in [0.15, 0.2) is 11.5 Å². The molecular weight excluding hydrogens is 405 g/mol. The lowest BCUT2D eigenvalue weighted by Crippen LogP contribution is -2.45. The monoisotopic (exact) mass is 422 g/mol. The van der Waals surface area contributed by atoms with Gasteiger partial charge in [0.1, 0.15) is 6.04 Å². The number of anilines is 1. The summed E-state index contributed by atoms with van der Waals surface area (Å²) in [6, 6.07) is 7.71. The normalized spacial score (nSPS) is 13.9. The standard InChI is InChI=1S/C20H17F3N2O5/c21-20(22,23)13-2-1-3-14(9-13)24-19(28)15(10-26)25-18(27)7-5-12-4-6-16-17(8-12)30-11-29-16/h1-9,15,26H,10-11H2,(H,24,28)(H,25,27)/t15-/m0/s1. The van der Waals surface area contributed by atoms with Crippen LogP contribution in [0.25, 0.3) is 6.08 Å². The Balaban J connectivity index is 1.60. The fourth-order valence-corrected chi connectivity index (χ4v) is 2.61. The summed E-state index contributed by atoms with van der Waals surface area (Å²) in [5.41, 5.74) is -0.404. The SMILES string of the molecule is O=C(C=Cc1ccc2c(c1)OCO2)N[C@@H](CO)C(=O)Nc1cccc(C(F)(F)F)c1. The first kappa shape index (κ1) is 21.2. The molecule has 0 spiro atoms. The summed E-state index contributed by atoms with van der Waals surface area (Å²) in [5, 5.41) is 13.9. The van der Waals surface area contributed by atoms with Crippen molar-refractivity contribution in [2.24, 2.45) is 0 Å². The third kappa shape index (κ3) is 5.29. The largest absolute Gasteiger partial charge is 0.454 e. The Morgan fingerprint density at radius 3 is 2.63 bits per heavy atom. The highest BCUT2D eigenvalue weighted by atomic mass is 19.4. The van der Waals surface area contributed by atoms with Crippen molar-refractivity contribution < 1.29 is 37.3 Å². The van der Waals surface area contributed by atoms with E-state index < -0.39 is 36.2 Å². The molecule has 2 aromatic carbocycles. The van der Waals surface area contributed by atoms with Crippen LogP contribution in [-0.4, -0.2) is 36.4 Å². The number of ether oxygens (including phenoxy) is 2. The zero-order valence-corrected chi connectivity index (χ0v) is 15.4. The summed E-state index contributed by atoms with van der Waals surface area (Å²) in [6.45, 7) is -0.628. The average molecular weight is 422 g/mol. The van der Waals surface area contributed by atoms with E-state index in [1.807, 2.05) is 0 Å². The fourth-order valence-electron chi connectivity index (χ4n) is 2.61. The number of nitrogens with one attached hydrogen (secondary N) is 2. The van der Waals surface area contributed by atoms with Gasteiger partial charge in [0.2, 0.25) is 18.6 Å². The lowest BCUT2D eigenvalue weighted by atomic mass is 10.1. The summed E-state index contributed by atoms with van der Waals surface area (Å²) >= 11 is 0.